The molecule has 0 amide bonds. The molecule has 0 saturated heterocycles. The van der Waals surface area contributed by atoms with E-state index in [-0.39, 0.29) is 0 Å². The number of hydrogen-bond donors (Lipinski definition) is 1. The molecule has 0 aliphatic heterocycles. The van der Waals surface area contributed by atoms with Gasteiger partial charge in [-0.2, -0.15) is 0 Å². The lowest BCUT2D eigenvalue weighted by Gasteiger charge is -1.96. The normalized spacial score (nSPS) is 9.67. The first-order valence-corrected chi connectivity index (χ1v) is 3.40. The van der Waals surface area contributed by atoms with Crippen LogP contribution in [-0.4, -0.2) is 0 Å². The molecule has 0 saturated carbocycles. The van der Waals surface area contributed by atoms with Crippen molar-refractivity contribution in [1.82, 2.24) is 0 Å². The van der Waals surface area contributed by atoms with Gasteiger partial charge < -0.3 is 0 Å². The minimum absolute atomic E-state index is 1.05. The van der Waals surface area contributed by atoms with Crippen LogP contribution in [0.5, 0.6) is 0 Å². The van der Waals surface area contributed by atoms with Gasteiger partial charge in [0.1, 0.15) is 0 Å². The van der Waals surface area contributed by atoms with Crippen LogP contribution in [0, 0.1) is 13.8 Å². The third kappa shape index (κ3) is 1.75. The summed E-state index contributed by atoms with van der Waals surface area (Å²) >= 11 is 4.22. The van der Waals surface area contributed by atoms with E-state index in [0.29, 0.717) is 0 Å². The summed E-state index contributed by atoms with van der Waals surface area (Å²) in [7, 11) is 0. The fraction of sp³-hybridized carbons (Fsp3) is 0.250. The van der Waals surface area contributed by atoms with Crippen LogP contribution >= 0.6 is 12.6 Å². The van der Waals surface area contributed by atoms with E-state index >= 15 is 0 Å². The fourth-order valence-corrected chi connectivity index (χ4v) is 1.36. The van der Waals surface area contributed by atoms with Crippen molar-refractivity contribution in [3.63, 3.8) is 0 Å². The minimum atomic E-state index is 1.05. The highest BCUT2D eigenvalue weighted by molar-refractivity contribution is 7.80. The lowest BCUT2D eigenvalue weighted by Crippen LogP contribution is -1.75. The zero-order valence-electron chi connectivity index (χ0n) is 5.68. The number of aryl methyl sites for hydroxylation is 2. The van der Waals surface area contributed by atoms with Gasteiger partial charge in [-0.15, -0.1) is 12.6 Å². The largest absolute Gasteiger partial charge is 0.143 e. The summed E-state index contributed by atoms with van der Waals surface area (Å²) in [5.74, 6) is 0. The maximum atomic E-state index is 4.22. The zero-order valence-corrected chi connectivity index (χ0v) is 6.57. The maximum absolute atomic E-state index is 4.22. The molecule has 0 spiro atoms. The summed E-state index contributed by atoms with van der Waals surface area (Å²) in [4.78, 5) is 1.05. The van der Waals surface area contributed by atoms with Crippen LogP contribution in [0.1, 0.15) is 11.1 Å². The predicted octanol–water partition coefficient (Wildman–Crippen LogP) is 2.59. The second-order valence-electron chi connectivity index (χ2n) is 2.35. The summed E-state index contributed by atoms with van der Waals surface area (Å²) in [6.07, 6.45) is 0. The number of thiol groups is 1. The Bertz CT molecular complexity index is 165. The standard InChI is InChI=1S/C8H10S/c1-6-3-7(2)5-8(9)4-6/h3-5,9H,1-2H3. The van der Waals surface area contributed by atoms with E-state index in [1.165, 1.54) is 11.1 Å². The number of benzene rings is 1. The molecule has 1 rings (SSSR count). The zero-order chi connectivity index (χ0) is 6.85. The summed E-state index contributed by atoms with van der Waals surface area (Å²) in [5.41, 5.74) is 2.56. The summed E-state index contributed by atoms with van der Waals surface area (Å²) < 4.78 is 0. The van der Waals surface area contributed by atoms with Crippen LogP contribution in [-0.2, 0) is 0 Å². The lowest BCUT2D eigenvalue weighted by atomic mass is 10.2. The molecule has 0 radical (unpaired) electrons. The Morgan fingerprint density at radius 2 is 1.44 bits per heavy atom. The van der Waals surface area contributed by atoms with Crippen molar-refractivity contribution in [3.8, 4) is 0 Å². The van der Waals surface area contributed by atoms with Gasteiger partial charge in [0.2, 0.25) is 0 Å². The van der Waals surface area contributed by atoms with Crippen molar-refractivity contribution < 1.29 is 0 Å². The molecular formula is C8H10S. The van der Waals surface area contributed by atoms with Gasteiger partial charge in [0.05, 0.1) is 0 Å². The van der Waals surface area contributed by atoms with Crippen molar-refractivity contribution >= 4 is 12.6 Å². The Kier molecular flexibility index (Phi) is 1.81. The van der Waals surface area contributed by atoms with E-state index in [2.05, 4.69) is 44.7 Å². The molecule has 0 heterocycles. The van der Waals surface area contributed by atoms with Gasteiger partial charge in [-0.3, -0.25) is 0 Å². The highest BCUT2D eigenvalue weighted by atomic mass is 32.1. The van der Waals surface area contributed by atoms with Crippen molar-refractivity contribution in [3.05, 3.63) is 29.3 Å². The second kappa shape index (κ2) is 2.44. The first-order valence-electron chi connectivity index (χ1n) is 2.96. The Morgan fingerprint density at radius 3 is 1.78 bits per heavy atom. The van der Waals surface area contributed by atoms with E-state index in [1.807, 2.05) is 0 Å². The van der Waals surface area contributed by atoms with E-state index < -0.39 is 0 Å². The average molecular weight is 138 g/mol. The Balaban J connectivity index is 3.17. The van der Waals surface area contributed by atoms with Crippen molar-refractivity contribution in [1.29, 1.82) is 0 Å². The van der Waals surface area contributed by atoms with Gasteiger partial charge in [0.25, 0.3) is 0 Å². The molecule has 48 valence electrons. The quantitative estimate of drug-likeness (QED) is 0.523. The van der Waals surface area contributed by atoms with Crippen molar-refractivity contribution in [2.45, 2.75) is 18.7 Å². The van der Waals surface area contributed by atoms with Crippen molar-refractivity contribution in [2.75, 3.05) is 0 Å². The Morgan fingerprint density at radius 1 is 1.00 bits per heavy atom. The molecule has 1 heteroatoms. The van der Waals surface area contributed by atoms with Gasteiger partial charge in [-0.1, -0.05) is 6.07 Å². The van der Waals surface area contributed by atoms with Gasteiger partial charge in [-0.05, 0) is 37.1 Å². The summed E-state index contributed by atoms with van der Waals surface area (Å²) in [6.45, 7) is 4.15. The van der Waals surface area contributed by atoms with E-state index in [9.17, 15) is 0 Å². The highest BCUT2D eigenvalue weighted by Crippen LogP contribution is 2.11. The molecule has 0 atom stereocenters. The number of hydrogen-bond acceptors (Lipinski definition) is 1. The Hall–Kier alpha value is -0.430. The van der Waals surface area contributed by atoms with Crippen molar-refractivity contribution in [2.24, 2.45) is 0 Å². The van der Waals surface area contributed by atoms with Crippen LogP contribution in [0.2, 0.25) is 0 Å². The molecule has 0 aromatic heterocycles. The molecule has 1 aromatic rings. The fourth-order valence-electron chi connectivity index (χ4n) is 0.951. The first-order chi connectivity index (χ1) is 4.18. The second-order valence-corrected chi connectivity index (χ2v) is 2.86. The minimum Gasteiger partial charge on any atom is -0.143 e. The molecule has 0 unspecified atom stereocenters. The molecule has 0 aliphatic rings. The molecule has 9 heavy (non-hydrogen) atoms. The third-order valence-electron chi connectivity index (χ3n) is 1.21. The third-order valence-corrected chi connectivity index (χ3v) is 1.46. The van der Waals surface area contributed by atoms with Crippen LogP contribution < -0.4 is 0 Å². The van der Waals surface area contributed by atoms with Crippen LogP contribution in [0.3, 0.4) is 0 Å². The summed E-state index contributed by atoms with van der Waals surface area (Å²) in [6, 6.07) is 6.24. The maximum Gasteiger partial charge on any atom is 0.00452 e. The summed E-state index contributed by atoms with van der Waals surface area (Å²) in [5, 5.41) is 0. The predicted molar refractivity (Wildman–Crippen MR) is 43.2 cm³/mol. The average Bonchev–Trinajstić information content (AvgIpc) is 1.59. The molecule has 0 nitrogen and oxygen atoms in total. The first kappa shape index (κ1) is 6.69. The number of rotatable bonds is 0. The van der Waals surface area contributed by atoms with Crippen LogP contribution in [0.4, 0.5) is 0 Å². The topological polar surface area (TPSA) is 0 Å². The lowest BCUT2D eigenvalue weighted by molar-refractivity contribution is 1.30. The highest BCUT2D eigenvalue weighted by Gasteiger charge is 1.88. The van der Waals surface area contributed by atoms with Gasteiger partial charge in [0.15, 0.2) is 0 Å². The molecular weight excluding hydrogens is 128 g/mol. The Labute approximate surface area is 61.3 Å². The van der Waals surface area contributed by atoms with E-state index in [4.69, 9.17) is 0 Å². The smallest absolute Gasteiger partial charge is 0.00452 e. The van der Waals surface area contributed by atoms with Gasteiger partial charge >= 0.3 is 0 Å². The monoisotopic (exact) mass is 138 g/mol. The molecule has 0 bridgehead atoms. The molecule has 0 fully saturated rings. The van der Waals surface area contributed by atoms with E-state index in [1.54, 1.807) is 0 Å². The molecule has 0 N–H and O–H groups in total. The van der Waals surface area contributed by atoms with Gasteiger partial charge in [-0.25, -0.2) is 0 Å². The molecule has 1 aromatic carbocycles. The van der Waals surface area contributed by atoms with Crippen LogP contribution in [0.25, 0.3) is 0 Å². The van der Waals surface area contributed by atoms with Gasteiger partial charge in [0, 0.05) is 4.90 Å². The SMILES string of the molecule is Cc1cc(C)cc(S)c1. The van der Waals surface area contributed by atoms with Crippen LogP contribution in [0.15, 0.2) is 23.1 Å². The molecule has 0 aliphatic carbocycles. The van der Waals surface area contributed by atoms with E-state index in [0.717, 1.165) is 4.90 Å².